The van der Waals surface area contributed by atoms with Gasteiger partial charge in [-0.15, -0.1) is 0 Å². The predicted molar refractivity (Wildman–Crippen MR) is 84.0 cm³/mol. The van der Waals surface area contributed by atoms with Gasteiger partial charge in [-0.1, -0.05) is 17.3 Å². The van der Waals surface area contributed by atoms with Crippen LogP contribution in [0.2, 0.25) is 0 Å². The summed E-state index contributed by atoms with van der Waals surface area (Å²) in [6.07, 6.45) is 0. The van der Waals surface area contributed by atoms with E-state index in [9.17, 15) is 4.79 Å². The van der Waals surface area contributed by atoms with E-state index in [0.717, 1.165) is 0 Å². The lowest BCUT2D eigenvalue weighted by molar-refractivity contribution is 0.0697. The Morgan fingerprint density at radius 2 is 1.92 bits per heavy atom. The third-order valence-electron chi connectivity index (χ3n) is 3.27. The Bertz CT molecular complexity index is 842. The second-order valence-electron chi connectivity index (χ2n) is 4.83. The van der Waals surface area contributed by atoms with Crippen molar-refractivity contribution in [3.8, 4) is 23.0 Å². The fourth-order valence-corrected chi connectivity index (χ4v) is 2.08. The van der Waals surface area contributed by atoms with E-state index in [4.69, 9.17) is 19.1 Å². The largest absolute Gasteiger partial charge is 0.496 e. The molecular formula is C17H14N2O5. The molecule has 1 aromatic heterocycles. The van der Waals surface area contributed by atoms with Crippen LogP contribution < -0.4 is 9.47 Å². The van der Waals surface area contributed by atoms with E-state index < -0.39 is 5.97 Å². The van der Waals surface area contributed by atoms with Gasteiger partial charge in [0.2, 0.25) is 5.82 Å². The van der Waals surface area contributed by atoms with Crippen molar-refractivity contribution in [2.75, 3.05) is 7.11 Å². The molecule has 0 bridgehead atoms. The molecule has 0 amide bonds. The van der Waals surface area contributed by atoms with Crippen LogP contribution in [0.4, 0.5) is 0 Å². The van der Waals surface area contributed by atoms with Crippen molar-refractivity contribution in [3.63, 3.8) is 0 Å². The number of aromatic nitrogens is 2. The number of rotatable bonds is 6. The van der Waals surface area contributed by atoms with Crippen molar-refractivity contribution >= 4 is 5.97 Å². The lowest BCUT2D eigenvalue weighted by atomic mass is 10.2. The molecule has 1 heterocycles. The van der Waals surface area contributed by atoms with Gasteiger partial charge in [0.05, 0.1) is 18.2 Å². The molecule has 0 fully saturated rings. The summed E-state index contributed by atoms with van der Waals surface area (Å²) in [6, 6.07) is 13.4. The molecule has 0 saturated carbocycles. The Kier molecular flexibility index (Phi) is 4.42. The molecule has 0 saturated heterocycles. The summed E-state index contributed by atoms with van der Waals surface area (Å²) < 4.78 is 16.0. The Morgan fingerprint density at radius 3 is 2.62 bits per heavy atom. The SMILES string of the molecule is COc1ccccc1-c1nc(COc2ccc(C(=O)O)cc2)no1. The van der Waals surface area contributed by atoms with Crippen molar-refractivity contribution in [3.05, 3.63) is 59.9 Å². The molecule has 0 atom stereocenters. The first-order valence-corrected chi connectivity index (χ1v) is 7.09. The van der Waals surface area contributed by atoms with E-state index >= 15 is 0 Å². The minimum absolute atomic E-state index is 0.102. The Hall–Kier alpha value is -3.35. The highest BCUT2D eigenvalue weighted by Crippen LogP contribution is 2.28. The van der Waals surface area contributed by atoms with Crippen LogP contribution in [0.15, 0.2) is 53.1 Å². The molecule has 0 aliphatic heterocycles. The summed E-state index contributed by atoms with van der Waals surface area (Å²) in [6.45, 7) is 0.102. The minimum Gasteiger partial charge on any atom is -0.496 e. The molecule has 3 aromatic rings. The number of para-hydroxylation sites is 1. The second kappa shape index (κ2) is 6.82. The molecule has 7 heteroatoms. The number of methoxy groups -OCH3 is 1. The second-order valence-corrected chi connectivity index (χ2v) is 4.83. The van der Waals surface area contributed by atoms with Gasteiger partial charge in [0.15, 0.2) is 6.61 Å². The smallest absolute Gasteiger partial charge is 0.335 e. The quantitative estimate of drug-likeness (QED) is 0.744. The molecule has 0 aliphatic rings. The topological polar surface area (TPSA) is 94.7 Å². The van der Waals surface area contributed by atoms with Gasteiger partial charge < -0.3 is 19.1 Å². The molecular weight excluding hydrogens is 312 g/mol. The van der Waals surface area contributed by atoms with Crippen LogP contribution in [-0.2, 0) is 6.61 Å². The predicted octanol–water partition coefficient (Wildman–Crippen LogP) is 3.02. The average molecular weight is 326 g/mol. The summed E-state index contributed by atoms with van der Waals surface area (Å²) in [5, 5.41) is 12.7. The van der Waals surface area contributed by atoms with Gasteiger partial charge in [-0.3, -0.25) is 0 Å². The van der Waals surface area contributed by atoms with Crippen molar-refractivity contribution in [2.45, 2.75) is 6.61 Å². The van der Waals surface area contributed by atoms with Crippen LogP contribution >= 0.6 is 0 Å². The Balaban J connectivity index is 1.69. The molecule has 1 N–H and O–H groups in total. The van der Waals surface area contributed by atoms with E-state index in [2.05, 4.69) is 10.1 Å². The summed E-state index contributed by atoms with van der Waals surface area (Å²) >= 11 is 0. The zero-order chi connectivity index (χ0) is 16.9. The zero-order valence-corrected chi connectivity index (χ0v) is 12.8. The molecule has 0 spiro atoms. The first-order chi connectivity index (χ1) is 11.7. The summed E-state index contributed by atoms with van der Waals surface area (Å²) in [4.78, 5) is 15.1. The first kappa shape index (κ1) is 15.5. The van der Waals surface area contributed by atoms with Gasteiger partial charge in [-0.25, -0.2) is 4.79 Å². The van der Waals surface area contributed by atoms with Crippen LogP contribution in [0.25, 0.3) is 11.5 Å². The van der Waals surface area contributed by atoms with E-state index in [0.29, 0.717) is 28.8 Å². The van der Waals surface area contributed by atoms with Crippen LogP contribution in [0.5, 0.6) is 11.5 Å². The van der Waals surface area contributed by atoms with Crippen molar-refractivity contribution in [1.82, 2.24) is 10.1 Å². The lowest BCUT2D eigenvalue weighted by Crippen LogP contribution is -1.99. The maximum Gasteiger partial charge on any atom is 0.335 e. The first-order valence-electron chi connectivity index (χ1n) is 7.09. The normalized spacial score (nSPS) is 10.4. The minimum atomic E-state index is -0.985. The summed E-state index contributed by atoms with van der Waals surface area (Å²) in [5.74, 6) is 0.883. The molecule has 0 unspecified atom stereocenters. The third kappa shape index (κ3) is 3.35. The highest BCUT2D eigenvalue weighted by molar-refractivity contribution is 5.87. The molecule has 7 nitrogen and oxygen atoms in total. The van der Waals surface area contributed by atoms with E-state index in [1.807, 2.05) is 18.2 Å². The maximum absolute atomic E-state index is 10.8. The molecule has 2 aromatic carbocycles. The van der Waals surface area contributed by atoms with E-state index in [1.54, 1.807) is 25.3 Å². The highest BCUT2D eigenvalue weighted by atomic mass is 16.5. The molecule has 122 valence electrons. The number of benzene rings is 2. The van der Waals surface area contributed by atoms with Gasteiger partial charge in [0.25, 0.3) is 5.89 Å². The van der Waals surface area contributed by atoms with E-state index in [-0.39, 0.29) is 12.2 Å². The van der Waals surface area contributed by atoms with Crippen molar-refractivity contribution < 1.29 is 23.9 Å². The number of nitrogens with zero attached hydrogens (tertiary/aromatic N) is 2. The number of carboxylic acid groups (broad SMARTS) is 1. The monoisotopic (exact) mass is 326 g/mol. The molecule has 0 radical (unpaired) electrons. The maximum atomic E-state index is 10.8. The fourth-order valence-electron chi connectivity index (χ4n) is 2.08. The van der Waals surface area contributed by atoms with Gasteiger partial charge in [-0.05, 0) is 36.4 Å². The zero-order valence-electron chi connectivity index (χ0n) is 12.8. The van der Waals surface area contributed by atoms with Gasteiger partial charge >= 0.3 is 5.97 Å². The molecule has 24 heavy (non-hydrogen) atoms. The van der Waals surface area contributed by atoms with Crippen LogP contribution in [0.3, 0.4) is 0 Å². The third-order valence-corrected chi connectivity index (χ3v) is 3.27. The van der Waals surface area contributed by atoms with Gasteiger partial charge in [0.1, 0.15) is 11.5 Å². The fraction of sp³-hybridized carbons (Fsp3) is 0.118. The van der Waals surface area contributed by atoms with Crippen molar-refractivity contribution in [1.29, 1.82) is 0 Å². The van der Waals surface area contributed by atoms with Gasteiger partial charge in [-0.2, -0.15) is 4.98 Å². The number of hydrogen-bond acceptors (Lipinski definition) is 6. The van der Waals surface area contributed by atoms with Crippen LogP contribution in [0, 0.1) is 0 Å². The standard InChI is InChI=1S/C17H14N2O5/c1-22-14-5-3-2-4-13(14)16-18-15(19-24-16)10-23-12-8-6-11(7-9-12)17(20)21/h2-9H,10H2,1H3,(H,20,21). The number of carbonyl (C=O) groups is 1. The average Bonchev–Trinajstić information content (AvgIpc) is 3.09. The number of hydrogen-bond donors (Lipinski definition) is 1. The summed E-state index contributed by atoms with van der Waals surface area (Å²) in [5.41, 5.74) is 0.893. The lowest BCUT2D eigenvalue weighted by Gasteiger charge is -2.03. The number of aromatic carboxylic acids is 1. The van der Waals surface area contributed by atoms with Crippen LogP contribution in [0.1, 0.15) is 16.2 Å². The molecule has 3 rings (SSSR count). The van der Waals surface area contributed by atoms with Crippen LogP contribution in [-0.4, -0.2) is 28.3 Å². The van der Waals surface area contributed by atoms with Gasteiger partial charge in [0, 0.05) is 0 Å². The number of ether oxygens (including phenoxy) is 2. The Labute approximate surface area is 137 Å². The highest BCUT2D eigenvalue weighted by Gasteiger charge is 2.13. The Morgan fingerprint density at radius 1 is 1.17 bits per heavy atom. The molecule has 0 aliphatic carbocycles. The van der Waals surface area contributed by atoms with Crippen molar-refractivity contribution in [2.24, 2.45) is 0 Å². The number of carboxylic acids is 1. The summed E-state index contributed by atoms with van der Waals surface area (Å²) in [7, 11) is 1.57. The van der Waals surface area contributed by atoms with E-state index in [1.165, 1.54) is 12.1 Å².